The molecule has 0 fully saturated rings. The lowest BCUT2D eigenvalue weighted by atomic mass is 10.1. The quantitative estimate of drug-likeness (QED) is 0.758. The van der Waals surface area contributed by atoms with Gasteiger partial charge in [0.15, 0.2) is 0 Å². The number of rotatable bonds is 8. The fourth-order valence-corrected chi connectivity index (χ4v) is 1.69. The normalized spacial score (nSPS) is 13.8. The van der Waals surface area contributed by atoms with E-state index in [1.807, 2.05) is 32.9 Å². The summed E-state index contributed by atoms with van der Waals surface area (Å²) in [6.45, 7) is 6.73. The van der Waals surface area contributed by atoms with Gasteiger partial charge in [-0.25, -0.2) is 0 Å². The minimum Gasteiger partial charge on any atom is -0.494 e. The zero-order valence-corrected chi connectivity index (χ0v) is 11.8. The maximum atomic E-state index is 11.3. The van der Waals surface area contributed by atoms with Gasteiger partial charge in [0.05, 0.1) is 6.61 Å². The van der Waals surface area contributed by atoms with Crippen molar-refractivity contribution in [1.29, 1.82) is 0 Å². The molecule has 106 valence electrons. The molecule has 4 heteroatoms. The standard InChI is InChI=1S/C15H23NO3/c1-4-10-19-13-8-6-12(7-9-13)14(15(17)18)16-11(3)5-2/h6-9,11,14,16H,4-5,10H2,1-3H3,(H,17,18). The van der Waals surface area contributed by atoms with E-state index in [1.165, 1.54) is 0 Å². The average molecular weight is 265 g/mol. The maximum Gasteiger partial charge on any atom is 0.325 e. The van der Waals surface area contributed by atoms with E-state index in [1.54, 1.807) is 12.1 Å². The Morgan fingerprint density at radius 2 is 1.95 bits per heavy atom. The van der Waals surface area contributed by atoms with Crippen LogP contribution in [0.1, 0.15) is 45.2 Å². The van der Waals surface area contributed by atoms with Crippen LogP contribution in [0.4, 0.5) is 0 Å². The van der Waals surface area contributed by atoms with Crippen molar-refractivity contribution in [2.45, 2.75) is 45.7 Å². The van der Waals surface area contributed by atoms with Gasteiger partial charge in [-0.3, -0.25) is 10.1 Å². The number of carboxylic acid groups (broad SMARTS) is 1. The molecule has 0 saturated carbocycles. The minimum atomic E-state index is -0.859. The third kappa shape index (κ3) is 4.91. The van der Waals surface area contributed by atoms with E-state index in [9.17, 15) is 9.90 Å². The summed E-state index contributed by atoms with van der Waals surface area (Å²) in [5, 5.41) is 12.4. The van der Waals surface area contributed by atoms with Gasteiger partial charge in [0.1, 0.15) is 11.8 Å². The molecule has 1 rings (SSSR count). The summed E-state index contributed by atoms with van der Waals surface area (Å²) in [6, 6.07) is 6.74. The van der Waals surface area contributed by atoms with Gasteiger partial charge in [-0.1, -0.05) is 26.0 Å². The van der Waals surface area contributed by atoms with E-state index >= 15 is 0 Å². The molecule has 0 spiro atoms. The predicted molar refractivity (Wildman–Crippen MR) is 75.5 cm³/mol. The number of carboxylic acids is 1. The van der Waals surface area contributed by atoms with Crippen LogP contribution in [-0.4, -0.2) is 23.7 Å². The first-order valence-electron chi connectivity index (χ1n) is 6.80. The van der Waals surface area contributed by atoms with Gasteiger partial charge in [0.2, 0.25) is 0 Å². The molecule has 0 saturated heterocycles. The molecule has 0 radical (unpaired) electrons. The molecule has 2 atom stereocenters. The van der Waals surface area contributed by atoms with Gasteiger partial charge in [0.25, 0.3) is 0 Å². The largest absolute Gasteiger partial charge is 0.494 e. The third-order valence-electron chi connectivity index (χ3n) is 3.00. The minimum absolute atomic E-state index is 0.164. The van der Waals surface area contributed by atoms with E-state index in [0.29, 0.717) is 6.61 Å². The van der Waals surface area contributed by atoms with Crippen molar-refractivity contribution in [2.24, 2.45) is 0 Å². The molecule has 4 nitrogen and oxygen atoms in total. The van der Waals surface area contributed by atoms with Crippen LogP contribution >= 0.6 is 0 Å². The molecule has 19 heavy (non-hydrogen) atoms. The third-order valence-corrected chi connectivity index (χ3v) is 3.00. The number of hydrogen-bond donors (Lipinski definition) is 2. The zero-order valence-electron chi connectivity index (χ0n) is 11.8. The highest BCUT2D eigenvalue weighted by Crippen LogP contribution is 2.19. The molecule has 0 amide bonds. The Balaban J connectivity index is 2.76. The van der Waals surface area contributed by atoms with Crippen LogP contribution in [0.2, 0.25) is 0 Å². The number of ether oxygens (including phenoxy) is 1. The van der Waals surface area contributed by atoms with Crippen LogP contribution in [0.3, 0.4) is 0 Å². The number of benzene rings is 1. The SMILES string of the molecule is CCCOc1ccc(C(NC(C)CC)C(=O)O)cc1. The zero-order chi connectivity index (χ0) is 14.3. The van der Waals surface area contributed by atoms with Crippen LogP contribution in [-0.2, 0) is 4.79 Å². The Bertz CT molecular complexity index is 389. The van der Waals surface area contributed by atoms with Crippen LogP contribution < -0.4 is 10.1 Å². The van der Waals surface area contributed by atoms with Gasteiger partial charge in [0, 0.05) is 6.04 Å². The first-order valence-corrected chi connectivity index (χ1v) is 6.80. The Morgan fingerprint density at radius 3 is 2.42 bits per heavy atom. The number of nitrogens with one attached hydrogen (secondary N) is 1. The van der Waals surface area contributed by atoms with E-state index in [0.717, 1.165) is 24.2 Å². The van der Waals surface area contributed by atoms with Gasteiger partial charge < -0.3 is 9.84 Å². The molecule has 0 aromatic heterocycles. The highest BCUT2D eigenvalue weighted by molar-refractivity contribution is 5.75. The van der Waals surface area contributed by atoms with Crippen molar-refractivity contribution < 1.29 is 14.6 Å². The Labute approximate surface area is 114 Å². The molecule has 1 aromatic rings. The van der Waals surface area contributed by atoms with Crippen molar-refractivity contribution in [3.05, 3.63) is 29.8 Å². The fourth-order valence-electron chi connectivity index (χ4n) is 1.69. The van der Waals surface area contributed by atoms with E-state index in [2.05, 4.69) is 5.32 Å². The molecule has 2 unspecified atom stereocenters. The van der Waals surface area contributed by atoms with Crippen molar-refractivity contribution in [3.63, 3.8) is 0 Å². The summed E-state index contributed by atoms with van der Waals surface area (Å²) in [5.41, 5.74) is 0.747. The second-order valence-corrected chi connectivity index (χ2v) is 4.66. The molecule has 0 aliphatic carbocycles. The molecular formula is C15H23NO3. The topological polar surface area (TPSA) is 58.6 Å². The van der Waals surface area contributed by atoms with Crippen LogP contribution in [0.25, 0.3) is 0 Å². The van der Waals surface area contributed by atoms with Crippen molar-refractivity contribution >= 4 is 5.97 Å². The molecular weight excluding hydrogens is 242 g/mol. The Kier molecular flexibility index (Phi) is 6.36. The lowest BCUT2D eigenvalue weighted by Crippen LogP contribution is -2.34. The highest BCUT2D eigenvalue weighted by Gasteiger charge is 2.20. The maximum absolute atomic E-state index is 11.3. The summed E-state index contributed by atoms with van der Waals surface area (Å²) < 4.78 is 5.48. The van der Waals surface area contributed by atoms with E-state index in [-0.39, 0.29) is 6.04 Å². The monoisotopic (exact) mass is 265 g/mol. The smallest absolute Gasteiger partial charge is 0.325 e. The first-order chi connectivity index (χ1) is 9.08. The average Bonchev–Trinajstić information content (AvgIpc) is 2.42. The van der Waals surface area contributed by atoms with Crippen molar-refractivity contribution in [3.8, 4) is 5.75 Å². The fraction of sp³-hybridized carbons (Fsp3) is 0.533. The molecule has 0 aliphatic heterocycles. The Morgan fingerprint density at radius 1 is 1.32 bits per heavy atom. The lowest BCUT2D eigenvalue weighted by molar-refractivity contribution is -0.139. The number of hydrogen-bond acceptors (Lipinski definition) is 3. The number of aliphatic carboxylic acids is 1. The van der Waals surface area contributed by atoms with E-state index < -0.39 is 12.0 Å². The first kappa shape index (κ1) is 15.5. The van der Waals surface area contributed by atoms with Gasteiger partial charge in [-0.05, 0) is 37.5 Å². The van der Waals surface area contributed by atoms with E-state index in [4.69, 9.17) is 4.74 Å². The van der Waals surface area contributed by atoms with Crippen molar-refractivity contribution in [1.82, 2.24) is 5.32 Å². The Hall–Kier alpha value is -1.55. The van der Waals surface area contributed by atoms with Gasteiger partial charge >= 0.3 is 5.97 Å². The molecule has 0 aliphatic rings. The molecule has 0 heterocycles. The number of carbonyl (C=O) groups is 1. The summed E-state index contributed by atoms with van der Waals surface area (Å²) in [6.07, 6.45) is 1.84. The second kappa shape index (κ2) is 7.79. The van der Waals surface area contributed by atoms with Gasteiger partial charge in [-0.15, -0.1) is 0 Å². The van der Waals surface area contributed by atoms with Crippen molar-refractivity contribution in [2.75, 3.05) is 6.61 Å². The van der Waals surface area contributed by atoms with Gasteiger partial charge in [-0.2, -0.15) is 0 Å². The summed E-state index contributed by atoms with van der Waals surface area (Å²) >= 11 is 0. The summed E-state index contributed by atoms with van der Waals surface area (Å²) in [4.78, 5) is 11.3. The highest BCUT2D eigenvalue weighted by atomic mass is 16.5. The molecule has 0 bridgehead atoms. The van der Waals surface area contributed by atoms with Crippen LogP contribution in [0.15, 0.2) is 24.3 Å². The second-order valence-electron chi connectivity index (χ2n) is 4.66. The summed E-state index contributed by atoms with van der Waals surface area (Å²) in [5.74, 6) is -0.0826. The molecule has 1 aromatic carbocycles. The van der Waals surface area contributed by atoms with Crippen LogP contribution in [0.5, 0.6) is 5.75 Å². The van der Waals surface area contributed by atoms with Crippen LogP contribution in [0, 0.1) is 0 Å². The molecule has 2 N–H and O–H groups in total. The lowest BCUT2D eigenvalue weighted by Gasteiger charge is -2.19. The predicted octanol–water partition coefficient (Wildman–Crippen LogP) is 2.99. The summed E-state index contributed by atoms with van der Waals surface area (Å²) in [7, 11) is 0.